The van der Waals surface area contributed by atoms with Gasteiger partial charge in [0, 0.05) is 16.6 Å². The van der Waals surface area contributed by atoms with Crippen molar-refractivity contribution < 1.29 is 38.9 Å². The summed E-state index contributed by atoms with van der Waals surface area (Å²) in [6.07, 6.45) is 0. The lowest BCUT2D eigenvalue weighted by Gasteiger charge is -2.19. The van der Waals surface area contributed by atoms with E-state index in [2.05, 4.69) is 10.6 Å². The Bertz CT molecular complexity index is 1620. The van der Waals surface area contributed by atoms with Crippen LogP contribution in [0, 0.1) is 0 Å². The first kappa shape index (κ1) is 29.7. The highest BCUT2D eigenvalue weighted by Crippen LogP contribution is 2.38. The SMILES string of the molecule is COc1ccc(OC)c(NC(=O)C(Sc2ccc(NC(=O)c3ccc(C(=O)O)cc3C(=O)O)cc2)c2ccccc2)c1. The average Bonchev–Trinajstić information content (AvgIpc) is 3.00. The molecule has 0 radical (unpaired) electrons. The minimum absolute atomic E-state index is 0.181. The zero-order chi connectivity index (χ0) is 30.2. The van der Waals surface area contributed by atoms with Crippen LogP contribution in [0.25, 0.3) is 0 Å². The lowest BCUT2D eigenvalue weighted by atomic mass is 10.0. The standard InChI is InChI=1S/C31H26N2O8S/c1-40-21-11-15-26(41-2)25(17-21)33-29(35)27(18-6-4-3-5-7-18)42-22-12-9-20(10-13-22)32-28(34)23-14-8-19(30(36)37)16-24(23)31(38)39/h3-17,27H,1-2H3,(H,32,34)(H,33,35)(H,36,37)(H,38,39). The molecule has 10 nitrogen and oxygen atoms in total. The number of anilines is 2. The predicted octanol–water partition coefficient (Wildman–Crippen LogP) is 5.82. The Morgan fingerprint density at radius 1 is 0.738 bits per heavy atom. The van der Waals surface area contributed by atoms with Gasteiger partial charge in [0.2, 0.25) is 5.91 Å². The van der Waals surface area contributed by atoms with E-state index in [1.807, 2.05) is 30.3 Å². The largest absolute Gasteiger partial charge is 0.497 e. The van der Waals surface area contributed by atoms with Crippen LogP contribution in [-0.4, -0.2) is 48.2 Å². The van der Waals surface area contributed by atoms with Crippen LogP contribution < -0.4 is 20.1 Å². The molecule has 0 aromatic heterocycles. The van der Waals surface area contributed by atoms with Crippen LogP contribution in [0.3, 0.4) is 0 Å². The number of carbonyl (C=O) groups is 4. The van der Waals surface area contributed by atoms with Gasteiger partial charge >= 0.3 is 11.9 Å². The molecule has 0 fully saturated rings. The second-order valence-corrected chi connectivity index (χ2v) is 9.99. The zero-order valence-electron chi connectivity index (χ0n) is 22.5. The first-order valence-corrected chi connectivity index (χ1v) is 13.3. The van der Waals surface area contributed by atoms with Gasteiger partial charge in [-0.25, -0.2) is 9.59 Å². The molecule has 0 heterocycles. The van der Waals surface area contributed by atoms with Gasteiger partial charge in [-0.05, 0) is 60.2 Å². The molecule has 4 aromatic carbocycles. The third kappa shape index (κ3) is 7.07. The summed E-state index contributed by atoms with van der Waals surface area (Å²) < 4.78 is 10.7. The van der Waals surface area contributed by atoms with E-state index in [-0.39, 0.29) is 17.0 Å². The summed E-state index contributed by atoms with van der Waals surface area (Å²) in [5.74, 6) is -2.69. The molecule has 0 aliphatic carbocycles. The molecule has 214 valence electrons. The highest BCUT2D eigenvalue weighted by atomic mass is 32.2. The van der Waals surface area contributed by atoms with Crippen molar-refractivity contribution >= 4 is 46.9 Å². The summed E-state index contributed by atoms with van der Waals surface area (Å²) in [5, 5.41) is 23.5. The van der Waals surface area contributed by atoms with E-state index >= 15 is 0 Å². The van der Waals surface area contributed by atoms with Crippen LogP contribution in [0.4, 0.5) is 11.4 Å². The smallest absolute Gasteiger partial charge is 0.336 e. The Hall–Kier alpha value is -5.29. The van der Waals surface area contributed by atoms with Crippen molar-refractivity contribution in [2.24, 2.45) is 0 Å². The van der Waals surface area contributed by atoms with Crippen LogP contribution in [0.2, 0.25) is 0 Å². The number of nitrogens with one attached hydrogen (secondary N) is 2. The number of hydrogen-bond donors (Lipinski definition) is 4. The van der Waals surface area contributed by atoms with E-state index in [1.165, 1.54) is 32.0 Å². The molecule has 4 aromatic rings. The van der Waals surface area contributed by atoms with E-state index in [0.29, 0.717) is 22.9 Å². The molecule has 42 heavy (non-hydrogen) atoms. The minimum atomic E-state index is -1.42. The Kier molecular flexibility index (Phi) is 9.46. The van der Waals surface area contributed by atoms with Gasteiger partial charge in [-0.2, -0.15) is 0 Å². The Labute approximate surface area is 245 Å². The Balaban J connectivity index is 1.53. The lowest BCUT2D eigenvalue weighted by molar-refractivity contribution is -0.115. The van der Waals surface area contributed by atoms with Crippen LogP contribution in [-0.2, 0) is 4.79 Å². The zero-order valence-corrected chi connectivity index (χ0v) is 23.3. The van der Waals surface area contributed by atoms with E-state index < -0.39 is 28.7 Å². The number of methoxy groups -OCH3 is 2. The van der Waals surface area contributed by atoms with Gasteiger partial charge in [0.25, 0.3) is 5.91 Å². The summed E-state index contributed by atoms with van der Waals surface area (Å²) >= 11 is 1.30. The van der Waals surface area contributed by atoms with Gasteiger partial charge in [0.1, 0.15) is 16.7 Å². The number of carbonyl (C=O) groups excluding carboxylic acids is 2. The number of hydrogen-bond acceptors (Lipinski definition) is 7. The second kappa shape index (κ2) is 13.4. The molecule has 0 saturated carbocycles. The van der Waals surface area contributed by atoms with Crippen LogP contribution in [0.1, 0.15) is 41.9 Å². The van der Waals surface area contributed by atoms with Crippen molar-refractivity contribution in [3.8, 4) is 11.5 Å². The molecule has 2 amide bonds. The van der Waals surface area contributed by atoms with Crippen molar-refractivity contribution in [1.29, 1.82) is 0 Å². The number of rotatable bonds is 11. The fraction of sp³-hybridized carbons (Fsp3) is 0.0968. The van der Waals surface area contributed by atoms with Gasteiger partial charge in [0.05, 0.1) is 36.6 Å². The second-order valence-electron chi connectivity index (χ2n) is 8.81. The van der Waals surface area contributed by atoms with Crippen molar-refractivity contribution in [1.82, 2.24) is 0 Å². The molecule has 0 spiro atoms. The van der Waals surface area contributed by atoms with Gasteiger partial charge in [0.15, 0.2) is 0 Å². The van der Waals surface area contributed by atoms with Crippen molar-refractivity contribution in [2.45, 2.75) is 10.1 Å². The van der Waals surface area contributed by atoms with Crippen molar-refractivity contribution in [3.05, 3.63) is 113 Å². The molecule has 0 saturated heterocycles. The van der Waals surface area contributed by atoms with Gasteiger partial charge in [-0.3, -0.25) is 9.59 Å². The monoisotopic (exact) mass is 586 g/mol. The maximum absolute atomic E-state index is 13.5. The van der Waals surface area contributed by atoms with E-state index in [4.69, 9.17) is 14.6 Å². The summed E-state index contributed by atoms with van der Waals surface area (Å²) in [6.45, 7) is 0. The number of carboxylic acids is 2. The molecule has 0 aliphatic heterocycles. The first-order valence-electron chi connectivity index (χ1n) is 12.5. The summed E-state index contributed by atoms with van der Waals surface area (Å²) in [7, 11) is 3.04. The normalized spacial score (nSPS) is 11.2. The van der Waals surface area contributed by atoms with E-state index in [9.17, 15) is 24.3 Å². The maximum atomic E-state index is 13.5. The molecule has 0 aliphatic rings. The number of amides is 2. The van der Waals surface area contributed by atoms with Gasteiger partial charge < -0.3 is 30.3 Å². The van der Waals surface area contributed by atoms with Gasteiger partial charge in [-0.15, -0.1) is 11.8 Å². The summed E-state index contributed by atoms with van der Waals surface area (Å²) in [6, 6.07) is 24.3. The highest BCUT2D eigenvalue weighted by Gasteiger charge is 2.24. The van der Waals surface area contributed by atoms with E-state index in [1.54, 1.807) is 42.5 Å². The maximum Gasteiger partial charge on any atom is 0.336 e. The number of carboxylic acid groups (broad SMARTS) is 2. The molecule has 4 N–H and O–H groups in total. The van der Waals surface area contributed by atoms with Crippen LogP contribution in [0.15, 0.2) is 95.9 Å². The third-order valence-corrected chi connectivity index (χ3v) is 7.38. The molecular formula is C31H26N2O8S. The Morgan fingerprint density at radius 3 is 2.07 bits per heavy atom. The number of thioether (sulfide) groups is 1. The summed E-state index contributed by atoms with van der Waals surface area (Å²) in [4.78, 5) is 49.9. The average molecular weight is 587 g/mol. The quantitative estimate of drug-likeness (QED) is 0.159. The number of benzene rings is 4. The molecular weight excluding hydrogens is 560 g/mol. The molecule has 11 heteroatoms. The highest BCUT2D eigenvalue weighted by molar-refractivity contribution is 8.00. The molecule has 1 unspecified atom stereocenters. The fourth-order valence-electron chi connectivity index (χ4n) is 4.01. The number of ether oxygens (including phenoxy) is 2. The molecule has 0 bridgehead atoms. The van der Waals surface area contributed by atoms with Crippen molar-refractivity contribution in [3.63, 3.8) is 0 Å². The summed E-state index contributed by atoms with van der Waals surface area (Å²) in [5.41, 5.74) is 0.754. The van der Waals surface area contributed by atoms with Crippen LogP contribution in [0.5, 0.6) is 11.5 Å². The minimum Gasteiger partial charge on any atom is -0.497 e. The topological polar surface area (TPSA) is 151 Å². The molecule has 1 atom stereocenters. The first-order chi connectivity index (χ1) is 20.2. The Morgan fingerprint density at radius 2 is 1.45 bits per heavy atom. The number of aromatic carboxylic acids is 2. The fourth-order valence-corrected chi connectivity index (χ4v) is 5.04. The van der Waals surface area contributed by atoms with Gasteiger partial charge in [-0.1, -0.05) is 30.3 Å². The molecule has 4 rings (SSSR count). The van der Waals surface area contributed by atoms with Crippen molar-refractivity contribution in [2.75, 3.05) is 24.9 Å². The third-order valence-electron chi connectivity index (χ3n) is 6.11. The predicted molar refractivity (Wildman–Crippen MR) is 158 cm³/mol. The van der Waals surface area contributed by atoms with E-state index in [0.717, 1.165) is 22.6 Å². The van der Waals surface area contributed by atoms with Crippen LogP contribution >= 0.6 is 11.8 Å². The lowest BCUT2D eigenvalue weighted by Crippen LogP contribution is -2.19.